The Hall–Kier alpha value is -1.87. The second kappa shape index (κ2) is 6.17. The number of aliphatic hydroxyl groups excluding tert-OH is 1. The van der Waals surface area contributed by atoms with Gasteiger partial charge in [-0.25, -0.2) is 4.98 Å². The van der Waals surface area contributed by atoms with Crippen LogP contribution in [0.3, 0.4) is 0 Å². The highest BCUT2D eigenvalue weighted by Gasteiger charge is 2.09. The first-order chi connectivity index (χ1) is 8.79. The highest BCUT2D eigenvalue weighted by Crippen LogP contribution is 2.18. The molecule has 0 aliphatic heterocycles. The Kier molecular flexibility index (Phi) is 4.31. The number of benzene rings is 1. The number of nitrogens with zero attached hydrogens (tertiary/aromatic N) is 1. The lowest BCUT2D eigenvalue weighted by atomic mass is 10.0. The van der Waals surface area contributed by atoms with Crippen LogP contribution in [-0.2, 0) is 6.42 Å². The summed E-state index contributed by atoms with van der Waals surface area (Å²) in [5.41, 5.74) is 1.73. The third kappa shape index (κ3) is 3.31. The SMILES string of the molecule is CCOc1cccc(CC(O)c2ccccc2)n1. The van der Waals surface area contributed by atoms with E-state index in [-0.39, 0.29) is 0 Å². The molecule has 1 unspecified atom stereocenters. The molecule has 0 aliphatic rings. The van der Waals surface area contributed by atoms with Gasteiger partial charge in [-0.1, -0.05) is 36.4 Å². The lowest BCUT2D eigenvalue weighted by Crippen LogP contribution is -2.04. The van der Waals surface area contributed by atoms with Crippen molar-refractivity contribution in [2.24, 2.45) is 0 Å². The zero-order valence-electron chi connectivity index (χ0n) is 10.4. The summed E-state index contributed by atoms with van der Waals surface area (Å²) < 4.78 is 5.34. The number of pyridine rings is 1. The van der Waals surface area contributed by atoms with Gasteiger partial charge < -0.3 is 9.84 Å². The fraction of sp³-hybridized carbons (Fsp3) is 0.267. The molecule has 0 spiro atoms. The number of rotatable bonds is 5. The van der Waals surface area contributed by atoms with E-state index in [1.807, 2.05) is 55.5 Å². The van der Waals surface area contributed by atoms with E-state index in [1.54, 1.807) is 0 Å². The molecule has 1 aromatic carbocycles. The summed E-state index contributed by atoms with van der Waals surface area (Å²) in [5.74, 6) is 0.607. The lowest BCUT2D eigenvalue weighted by Gasteiger charge is -2.11. The van der Waals surface area contributed by atoms with Crippen molar-refractivity contribution in [1.82, 2.24) is 4.98 Å². The maximum absolute atomic E-state index is 10.1. The van der Waals surface area contributed by atoms with Crippen LogP contribution < -0.4 is 4.74 Å². The summed E-state index contributed by atoms with van der Waals surface area (Å²) in [5, 5.41) is 10.1. The Labute approximate surface area is 107 Å². The molecular formula is C15H17NO2. The van der Waals surface area contributed by atoms with E-state index in [1.165, 1.54) is 0 Å². The van der Waals surface area contributed by atoms with Crippen LogP contribution in [0.2, 0.25) is 0 Å². The van der Waals surface area contributed by atoms with Gasteiger partial charge in [-0.15, -0.1) is 0 Å². The number of hydrogen-bond acceptors (Lipinski definition) is 3. The maximum Gasteiger partial charge on any atom is 0.213 e. The molecule has 94 valence electrons. The molecular weight excluding hydrogens is 226 g/mol. The molecule has 0 saturated carbocycles. The molecule has 1 aromatic heterocycles. The zero-order valence-corrected chi connectivity index (χ0v) is 10.4. The predicted octanol–water partition coefficient (Wildman–Crippen LogP) is 2.76. The minimum atomic E-state index is -0.532. The predicted molar refractivity (Wildman–Crippen MR) is 70.5 cm³/mol. The Bertz CT molecular complexity index is 485. The third-order valence-electron chi connectivity index (χ3n) is 2.66. The summed E-state index contributed by atoms with van der Waals surface area (Å²) >= 11 is 0. The first-order valence-corrected chi connectivity index (χ1v) is 6.11. The molecule has 2 rings (SSSR count). The van der Waals surface area contributed by atoms with Crippen molar-refractivity contribution in [3.05, 3.63) is 59.8 Å². The standard InChI is InChI=1S/C15H17NO2/c1-2-18-15-10-6-9-13(16-15)11-14(17)12-7-4-3-5-8-12/h3-10,14,17H,2,11H2,1H3. The monoisotopic (exact) mass is 243 g/mol. The van der Waals surface area contributed by atoms with Gasteiger partial charge in [0.15, 0.2) is 0 Å². The fourth-order valence-electron chi connectivity index (χ4n) is 1.79. The van der Waals surface area contributed by atoms with Gasteiger partial charge in [0.2, 0.25) is 5.88 Å². The molecule has 0 fully saturated rings. The minimum Gasteiger partial charge on any atom is -0.478 e. The van der Waals surface area contributed by atoms with E-state index < -0.39 is 6.10 Å². The molecule has 1 heterocycles. The maximum atomic E-state index is 10.1. The van der Waals surface area contributed by atoms with Crippen LogP contribution in [0.5, 0.6) is 5.88 Å². The largest absolute Gasteiger partial charge is 0.478 e. The summed E-state index contributed by atoms with van der Waals surface area (Å²) in [4.78, 5) is 4.35. The normalized spacial score (nSPS) is 12.1. The van der Waals surface area contributed by atoms with Crippen molar-refractivity contribution in [3.8, 4) is 5.88 Å². The van der Waals surface area contributed by atoms with Crippen LogP contribution in [0.1, 0.15) is 24.3 Å². The average molecular weight is 243 g/mol. The van der Waals surface area contributed by atoms with Gasteiger partial charge in [0.25, 0.3) is 0 Å². The van der Waals surface area contributed by atoms with E-state index in [0.717, 1.165) is 11.3 Å². The molecule has 0 amide bonds. The van der Waals surface area contributed by atoms with E-state index in [4.69, 9.17) is 4.74 Å². The summed E-state index contributed by atoms with van der Waals surface area (Å²) in [7, 11) is 0. The molecule has 0 aliphatic carbocycles. The van der Waals surface area contributed by atoms with Crippen molar-refractivity contribution >= 4 is 0 Å². The minimum absolute atomic E-state index is 0.491. The number of hydrogen-bond donors (Lipinski definition) is 1. The molecule has 0 bridgehead atoms. The Morgan fingerprint density at radius 2 is 1.89 bits per heavy atom. The summed E-state index contributed by atoms with van der Waals surface area (Å²) in [6.45, 7) is 2.52. The van der Waals surface area contributed by atoms with Crippen molar-refractivity contribution in [3.63, 3.8) is 0 Å². The number of aromatic nitrogens is 1. The summed E-state index contributed by atoms with van der Waals surface area (Å²) in [6.07, 6.45) is -0.0409. The van der Waals surface area contributed by atoms with Crippen molar-refractivity contribution in [2.75, 3.05) is 6.61 Å². The van der Waals surface area contributed by atoms with Gasteiger partial charge in [-0.2, -0.15) is 0 Å². The molecule has 3 nitrogen and oxygen atoms in total. The first-order valence-electron chi connectivity index (χ1n) is 6.11. The van der Waals surface area contributed by atoms with Crippen LogP contribution in [0.25, 0.3) is 0 Å². The molecule has 0 saturated heterocycles. The van der Waals surface area contributed by atoms with Gasteiger partial charge >= 0.3 is 0 Å². The second-order valence-corrected chi connectivity index (χ2v) is 4.03. The van der Waals surface area contributed by atoms with E-state index in [0.29, 0.717) is 18.9 Å². The molecule has 2 aromatic rings. The van der Waals surface area contributed by atoms with Crippen LogP contribution in [-0.4, -0.2) is 16.7 Å². The second-order valence-electron chi connectivity index (χ2n) is 4.03. The molecule has 3 heteroatoms. The molecule has 0 radical (unpaired) electrons. The van der Waals surface area contributed by atoms with E-state index in [2.05, 4.69) is 4.98 Å². The van der Waals surface area contributed by atoms with Crippen molar-refractivity contribution in [2.45, 2.75) is 19.4 Å². The first kappa shape index (κ1) is 12.6. The van der Waals surface area contributed by atoms with Gasteiger partial charge in [0, 0.05) is 18.2 Å². The smallest absolute Gasteiger partial charge is 0.213 e. The molecule has 1 atom stereocenters. The number of ether oxygens (including phenoxy) is 1. The van der Waals surface area contributed by atoms with E-state index in [9.17, 15) is 5.11 Å². The Morgan fingerprint density at radius 3 is 2.61 bits per heavy atom. The zero-order chi connectivity index (χ0) is 12.8. The van der Waals surface area contributed by atoms with Gasteiger partial charge in [0.05, 0.1) is 12.7 Å². The van der Waals surface area contributed by atoms with Gasteiger partial charge in [0.1, 0.15) is 0 Å². The molecule has 18 heavy (non-hydrogen) atoms. The van der Waals surface area contributed by atoms with E-state index >= 15 is 0 Å². The quantitative estimate of drug-likeness (QED) is 0.878. The van der Waals surface area contributed by atoms with Crippen LogP contribution >= 0.6 is 0 Å². The topological polar surface area (TPSA) is 42.4 Å². The van der Waals surface area contributed by atoms with Crippen LogP contribution in [0.15, 0.2) is 48.5 Å². The highest BCUT2D eigenvalue weighted by molar-refractivity contribution is 5.21. The Balaban J connectivity index is 2.07. The van der Waals surface area contributed by atoms with Crippen molar-refractivity contribution < 1.29 is 9.84 Å². The molecule has 1 N–H and O–H groups in total. The fourth-order valence-corrected chi connectivity index (χ4v) is 1.79. The Morgan fingerprint density at radius 1 is 1.11 bits per heavy atom. The third-order valence-corrected chi connectivity index (χ3v) is 2.66. The van der Waals surface area contributed by atoms with Crippen LogP contribution in [0, 0.1) is 0 Å². The van der Waals surface area contributed by atoms with Gasteiger partial charge in [-0.05, 0) is 18.6 Å². The van der Waals surface area contributed by atoms with Crippen LogP contribution in [0.4, 0.5) is 0 Å². The van der Waals surface area contributed by atoms with Gasteiger partial charge in [-0.3, -0.25) is 0 Å². The number of aliphatic hydroxyl groups is 1. The lowest BCUT2D eigenvalue weighted by molar-refractivity contribution is 0.177. The summed E-state index contributed by atoms with van der Waals surface area (Å²) in [6, 6.07) is 15.2. The van der Waals surface area contributed by atoms with Crippen molar-refractivity contribution in [1.29, 1.82) is 0 Å². The average Bonchev–Trinajstić information content (AvgIpc) is 2.40. The highest BCUT2D eigenvalue weighted by atomic mass is 16.5.